The van der Waals surface area contributed by atoms with Crippen molar-refractivity contribution in [2.75, 3.05) is 42.6 Å². The predicted octanol–water partition coefficient (Wildman–Crippen LogP) is 0.555. The first-order valence-electron chi connectivity index (χ1n) is 7.70. The molecule has 22 heavy (non-hydrogen) atoms. The Labute approximate surface area is 131 Å². The first-order valence-corrected chi connectivity index (χ1v) is 9.52. The molecule has 2 fully saturated rings. The van der Waals surface area contributed by atoms with Crippen molar-refractivity contribution >= 4 is 21.6 Å². The molecule has 0 spiro atoms. The van der Waals surface area contributed by atoms with Crippen molar-refractivity contribution in [2.45, 2.75) is 12.8 Å². The molecule has 1 amide bonds. The summed E-state index contributed by atoms with van der Waals surface area (Å²) in [6.45, 7) is 2.74. The summed E-state index contributed by atoms with van der Waals surface area (Å²) in [4.78, 5) is 20.8. The van der Waals surface area contributed by atoms with Gasteiger partial charge in [0, 0.05) is 32.4 Å². The van der Waals surface area contributed by atoms with Gasteiger partial charge in [-0.3, -0.25) is 4.79 Å². The molecule has 3 rings (SSSR count). The fourth-order valence-corrected chi connectivity index (χ4v) is 4.87. The molecule has 0 saturated carbocycles. The van der Waals surface area contributed by atoms with E-state index in [-0.39, 0.29) is 23.3 Å². The van der Waals surface area contributed by atoms with Gasteiger partial charge in [0.1, 0.15) is 5.82 Å². The van der Waals surface area contributed by atoms with Gasteiger partial charge in [-0.1, -0.05) is 6.07 Å². The lowest BCUT2D eigenvalue weighted by Gasteiger charge is -2.37. The second kappa shape index (κ2) is 6.24. The lowest BCUT2D eigenvalue weighted by molar-refractivity contribution is -0.135. The highest BCUT2D eigenvalue weighted by Crippen LogP contribution is 2.22. The molecule has 0 radical (unpaired) electrons. The van der Waals surface area contributed by atoms with Crippen molar-refractivity contribution in [1.82, 2.24) is 9.88 Å². The van der Waals surface area contributed by atoms with Gasteiger partial charge < -0.3 is 9.80 Å². The number of hydrogen-bond acceptors (Lipinski definition) is 5. The van der Waals surface area contributed by atoms with E-state index in [1.54, 1.807) is 6.20 Å². The van der Waals surface area contributed by atoms with Crippen LogP contribution in [-0.2, 0) is 14.6 Å². The molecule has 1 aromatic rings. The first-order chi connectivity index (χ1) is 10.6. The van der Waals surface area contributed by atoms with Crippen LogP contribution in [0, 0.1) is 5.92 Å². The molecule has 0 N–H and O–H groups in total. The number of anilines is 1. The molecular formula is C15H21N3O3S. The average molecular weight is 323 g/mol. The Kier molecular flexibility index (Phi) is 4.33. The van der Waals surface area contributed by atoms with Crippen molar-refractivity contribution in [3.8, 4) is 0 Å². The molecule has 0 aliphatic carbocycles. The number of sulfone groups is 1. The van der Waals surface area contributed by atoms with Crippen molar-refractivity contribution in [1.29, 1.82) is 0 Å². The molecule has 0 aromatic carbocycles. The Balaban J connectivity index is 1.58. The number of carbonyl (C=O) groups excluding carboxylic acids is 1. The van der Waals surface area contributed by atoms with Crippen LogP contribution >= 0.6 is 0 Å². The number of pyridine rings is 1. The third-order valence-corrected chi connectivity index (χ3v) is 6.20. The Morgan fingerprint density at radius 1 is 1.18 bits per heavy atom. The summed E-state index contributed by atoms with van der Waals surface area (Å²) < 4.78 is 23.4. The monoisotopic (exact) mass is 323 g/mol. The Morgan fingerprint density at radius 3 is 2.59 bits per heavy atom. The molecule has 6 nitrogen and oxygen atoms in total. The third-order valence-electron chi connectivity index (χ3n) is 4.38. The number of rotatable bonds is 2. The van der Waals surface area contributed by atoms with E-state index in [1.165, 1.54) is 0 Å². The summed E-state index contributed by atoms with van der Waals surface area (Å²) in [5, 5.41) is 0. The van der Waals surface area contributed by atoms with Crippen LogP contribution in [0.3, 0.4) is 0 Å². The zero-order valence-electron chi connectivity index (χ0n) is 12.5. The van der Waals surface area contributed by atoms with Crippen molar-refractivity contribution in [3.05, 3.63) is 24.4 Å². The van der Waals surface area contributed by atoms with Gasteiger partial charge in [-0.2, -0.15) is 0 Å². The topological polar surface area (TPSA) is 70.6 Å². The highest BCUT2D eigenvalue weighted by molar-refractivity contribution is 7.91. The minimum absolute atomic E-state index is 0.00365. The van der Waals surface area contributed by atoms with E-state index >= 15 is 0 Å². The lowest BCUT2D eigenvalue weighted by atomic mass is 10.0. The molecule has 1 aromatic heterocycles. The molecule has 120 valence electrons. The first kappa shape index (κ1) is 15.3. The molecule has 7 heteroatoms. The molecule has 3 heterocycles. The van der Waals surface area contributed by atoms with E-state index < -0.39 is 9.84 Å². The smallest absolute Gasteiger partial charge is 0.226 e. The van der Waals surface area contributed by atoms with Gasteiger partial charge in [-0.05, 0) is 25.0 Å². The zero-order chi connectivity index (χ0) is 15.6. The van der Waals surface area contributed by atoms with E-state index in [9.17, 15) is 13.2 Å². The zero-order valence-corrected chi connectivity index (χ0v) is 13.3. The summed E-state index contributed by atoms with van der Waals surface area (Å²) in [6, 6.07) is 5.80. The van der Waals surface area contributed by atoms with E-state index in [4.69, 9.17) is 0 Å². The molecule has 2 aliphatic heterocycles. The van der Waals surface area contributed by atoms with Gasteiger partial charge in [0.2, 0.25) is 5.91 Å². The fraction of sp³-hybridized carbons (Fsp3) is 0.600. The van der Waals surface area contributed by atoms with E-state index in [1.807, 2.05) is 23.1 Å². The highest BCUT2D eigenvalue weighted by atomic mass is 32.2. The fourth-order valence-electron chi connectivity index (χ4n) is 3.17. The van der Waals surface area contributed by atoms with Crippen molar-refractivity contribution in [3.63, 3.8) is 0 Å². The molecule has 1 unspecified atom stereocenters. The molecular weight excluding hydrogens is 302 g/mol. The van der Waals surface area contributed by atoms with Crippen molar-refractivity contribution in [2.24, 2.45) is 5.92 Å². The summed E-state index contributed by atoms with van der Waals surface area (Å²) >= 11 is 0. The van der Waals surface area contributed by atoms with Gasteiger partial charge >= 0.3 is 0 Å². The van der Waals surface area contributed by atoms with Crippen LogP contribution in [-0.4, -0.2) is 61.9 Å². The minimum Gasteiger partial charge on any atom is -0.353 e. The van der Waals surface area contributed by atoms with Crippen LogP contribution in [0.5, 0.6) is 0 Å². The van der Waals surface area contributed by atoms with Gasteiger partial charge in [0.15, 0.2) is 9.84 Å². The van der Waals surface area contributed by atoms with E-state index in [2.05, 4.69) is 9.88 Å². The highest BCUT2D eigenvalue weighted by Gasteiger charge is 2.33. The number of nitrogens with zero attached hydrogens (tertiary/aromatic N) is 3. The average Bonchev–Trinajstić information content (AvgIpc) is 2.54. The van der Waals surface area contributed by atoms with Crippen LogP contribution < -0.4 is 4.90 Å². The number of hydrogen-bond donors (Lipinski definition) is 0. The van der Waals surface area contributed by atoms with Gasteiger partial charge in [-0.15, -0.1) is 0 Å². The van der Waals surface area contributed by atoms with Gasteiger partial charge in [0.25, 0.3) is 0 Å². The summed E-state index contributed by atoms with van der Waals surface area (Å²) in [6.07, 6.45) is 3.06. The largest absolute Gasteiger partial charge is 0.353 e. The van der Waals surface area contributed by atoms with Crippen LogP contribution in [0.2, 0.25) is 0 Å². The summed E-state index contributed by atoms with van der Waals surface area (Å²) in [5.74, 6) is 0.829. The number of amides is 1. The second-order valence-corrected chi connectivity index (χ2v) is 8.18. The minimum atomic E-state index is -3.04. The molecule has 0 bridgehead atoms. The SMILES string of the molecule is O=C(C1CCCS(=O)(=O)C1)N1CCN(c2ccccn2)CC1. The quantitative estimate of drug-likeness (QED) is 0.795. The standard InChI is InChI=1S/C15H21N3O3S/c19-15(13-4-3-11-22(20,21)12-13)18-9-7-17(8-10-18)14-5-1-2-6-16-14/h1-2,5-6,13H,3-4,7-12H2. The third kappa shape index (κ3) is 3.40. The maximum atomic E-state index is 12.5. The Hall–Kier alpha value is -1.63. The van der Waals surface area contributed by atoms with Crippen molar-refractivity contribution < 1.29 is 13.2 Å². The molecule has 1 atom stereocenters. The van der Waals surface area contributed by atoms with Crippen LogP contribution in [0.4, 0.5) is 5.82 Å². The Morgan fingerprint density at radius 2 is 1.95 bits per heavy atom. The van der Waals surface area contributed by atoms with Gasteiger partial charge in [0.05, 0.1) is 17.4 Å². The van der Waals surface area contributed by atoms with E-state index in [0.29, 0.717) is 25.9 Å². The summed E-state index contributed by atoms with van der Waals surface area (Å²) in [5.41, 5.74) is 0. The van der Waals surface area contributed by atoms with Crippen LogP contribution in [0.15, 0.2) is 24.4 Å². The maximum Gasteiger partial charge on any atom is 0.226 e. The van der Waals surface area contributed by atoms with Crippen LogP contribution in [0.1, 0.15) is 12.8 Å². The van der Waals surface area contributed by atoms with Gasteiger partial charge in [-0.25, -0.2) is 13.4 Å². The predicted molar refractivity (Wildman–Crippen MR) is 84.4 cm³/mol. The summed E-state index contributed by atoms with van der Waals surface area (Å²) in [7, 11) is -3.04. The lowest BCUT2D eigenvalue weighted by Crippen LogP contribution is -2.51. The number of carbonyl (C=O) groups is 1. The van der Waals surface area contributed by atoms with Crippen LogP contribution in [0.25, 0.3) is 0 Å². The number of aromatic nitrogens is 1. The Bertz CT molecular complexity index is 625. The second-order valence-electron chi connectivity index (χ2n) is 5.95. The number of piperazine rings is 1. The molecule has 2 aliphatic rings. The normalized spacial score (nSPS) is 25.0. The van der Waals surface area contributed by atoms with E-state index in [0.717, 1.165) is 18.9 Å². The maximum absolute atomic E-state index is 12.5. The molecule has 2 saturated heterocycles.